The van der Waals surface area contributed by atoms with Crippen molar-refractivity contribution < 1.29 is 14.3 Å². The van der Waals surface area contributed by atoms with Gasteiger partial charge in [-0.1, -0.05) is 0 Å². The fourth-order valence-electron chi connectivity index (χ4n) is 3.91. The molecule has 0 bridgehead atoms. The molecule has 0 spiro atoms. The van der Waals surface area contributed by atoms with Gasteiger partial charge in [0.05, 0.1) is 0 Å². The van der Waals surface area contributed by atoms with Crippen molar-refractivity contribution in [1.82, 2.24) is 19.8 Å². The minimum atomic E-state index is -0.879. The van der Waals surface area contributed by atoms with Crippen LogP contribution in [0.3, 0.4) is 0 Å². The molecule has 0 amide bonds. The number of aromatic nitrogens is 2. The van der Waals surface area contributed by atoms with E-state index in [2.05, 4.69) is 14.9 Å². The van der Waals surface area contributed by atoms with Gasteiger partial charge in [0.15, 0.2) is 0 Å². The molecule has 0 aliphatic carbocycles. The summed E-state index contributed by atoms with van der Waals surface area (Å²) in [4.78, 5) is 23.5. The summed E-state index contributed by atoms with van der Waals surface area (Å²) in [7, 11) is 0. The summed E-state index contributed by atoms with van der Waals surface area (Å²) in [5, 5.41) is 10.6. The Morgan fingerprint density at radius 2 is 1.93 bits per heavy atom. The molecule has 2 aromatic heterocycles. The SMILES string of the molecule is O=C(O)C(c1c[nH]c2cc(F)ccc12)N1CCN(CCc2ccncc2)CC1. The van der Waals surface area contributed by atoms with Gasteiger partial charge in [-0.05, 0) is 42.3 Å². The zero-order valence-electron chi connectivity index (χ0n) is 15.5. The van der Waals surface area contributed by atoms with Crippen molar-refractivity contribution in [3.05, 3.63) is 65.9 Å². The van der Waals surface area contributed by atoms with Crippen LogP contribution in [-0.2, 0) is 11.2 Å². The van der Waals surface area contributed by atoms with E-state index in [-0.39, 0.29) is 5.82 Å². The van der Waals surface area contributed by atoms with Crippen LogP contribution in [0.25, 0.3) is 10.9 Å². The first-order chi connectivity index (χ1) is 13.6. The molecule has 1 saturated heterocycles. The number of piperazine rings is 1. The van der Waals surface area contributed by atoms with E-state index < -0.39 is 12.0 Å². The van der Waals surface area contributed by atoms with Gasteiger partial charge in [-0.15, -0.1) is 0 Å². The molecule has 1 atom stereocenters. The van der Waals surface area contributed by atoms with Crippen molar-refractivity contribution in [3.63, 3.8) is 0 Å². The van der Waals surface area contributed by atoms with Gasteiger partial charge in [-0.2, -0.15) is 0 Å². The van der Waals surface area contributed by atoms with Crippen molar-refractivity contribution in [3.8, 4) is 0 Å². The van der Waals surface area contributed by atoms with Crippen molar-refractivity contribution >= 4 is 16.9 Å². The lowest BCUT2D eigenvalue weighted by atomic mass is 10.0. The van der Waals surface area contributed by atoms with Crippen LogP contribution in [0, 0.1) is 5.82 Å². The van der Waals surface area contributed by atoms with Gasteiger partial charge in [0.2, 0.25) is 0 Å². The molecule has 146 valence electrons. The fraction of sp³-hybridized carbons (Fsp3) is 0.333. The molecule has 1 aromatic carbocycles. The number of hydrogen-bond acceptors (Lipinski definition) is 4. The van der Waals surface area contributed by atoms with E-state index in [0.717, 1.165) is 31.4 Å². The van der Waals surface area contributed by atoms with Crippen molar-refractivity contribution in [2.45, 2.75) is 12.5 Å². The molecule has 28 heavy (non-hydrogen) atoms. The summed E-state index contributed by atoms with van der Waals surface area (Å²) < 4.78 is 13.4. The lowest BCUT2D eigenvalue weighted by Crippen LogP contribution is -2.49. The number of carboxylic acid groups (broad SMARTS) is 1. The Bertz CT molecular complexity index is 951. The maximum atomic E-state index is 13.4. The molecule has 0 radical (unpaired) electrons. The van der Waals surface area contributed by atoms with Crippen molar-refractivity contribution in [2.75, 3.05) is 32.7 Å². The van der Waals surface area contributed by atoms with Gasteiger partial charge in [-0.25, -0.2) is 4.39 Å². The second-order valence-electron chi connectivity index (χ2n) is 7.16. The number of fused-ring (bicyclic) bond motifs is 1. The highest BCUT2D eigenvalue weighted by Gasteiger charge is 2.32. The van der Waals surface area contributed by atoms with Gasteiger partial charge >= 0.3 is 5.97 Å². The highest BCUT2D eigenvalue weighted by atomic mass is 19.1. The summed E-state index contributed by atoms with van der Waals surface area (Å²) in [6.45, 7) is 3.96. The standard InChI is InChI=1S/C21H23FN4O2/c22-16-1-2-17-18(14-24-19(17)13-16)20(21(27)28)26-11-9-25(10-12-26)8-5-15-3-6-23-7-4-15/h1-4,6-7,13-14,20,24H,5,8-12H2,(H,27,28). The topological polar surface area (TPSA) is 72.5 Å². The normalized spacial score (nSPS) is 17.0. The van der Waals surface area contributed by atoms with Crippen molar-refractivity contribution in [1.29, 1.82) is 0 Å². The predicted octanol–water partition coefficient (Wildman–Crippen LogP) is 2.69. The molecule has 1 aliphatic heterocycles. The second kappa shape index (κ2) is 8.08. The number of carboxylic acids is 1. The third kappa shape index (κ3) is 3.90. The fourth-order valence-corrected chi connectivity index (χ4v) is 3.91. The van der Waals surface area contributed by atoms with Gasteiger partial charge in [0.25, 0.3) is 0 Å². The Balaban J connectivity index is 1.43. The number of aromatic amines is 1. The summed E-state index contributed by atoms with van der Waals surface area (Å²) >= 11 is 0. The number of H-pyrrole nitrogens is 1. The van der Waals surface area contributed by atoms with Gasteiger partial charge < -0.3 is 15.0 Å². The second-order valence-corrected chi connectivity index (χ2v) is 7.16. The first-order valence-corrected chi connectivity index (χ1v) is 9.46. The Morgan fingerprint density at radius 1 is 1.18 bits per heavy atom. The average Bonchev–Trinajstić information content (AvgIpc) is 3.10. The quantitative estimate of drug-likeness (QED) is 0.686. The van der Waals surface area contributed by atoms with Crippen LogP contribution in [0.4, 0.5) is 4.39 Å². The molecule has 1 aliphatic rings. The van der Waals surface area contributed by atoms with Crippen LogP contribution < -0.4 is 0 Å². The molecule has 1 unspecified atom stereocenters. The Kier molecular flexibility index (Phi) is 5.36. The molecular formula is C21H23FN4O2. The summed E-state index contributed by atoms with van der Waals surface area (Å²) in [6, 6.07) is 7.73. The summed E-state index contributed by atoms with van der Waals surface area (Å²) in [5.74, 6) is -1.22. The Labute approximate surface area is 162 Å². The van der Waals surface area contributed by atoms with E-state index in [4.69, 9.17) is 0 Å². The van der Waals surface area contributed by atoms with Gasteiger partial charge in [-0.3, -0.25) is 14.7 Å². The molecule has 4 rings (SSSR count). The smallest absolute Gasteiger partial charge is 0.325 e. The van der Waals surface area contributed by atoms with Gasteiger partial charge in [0.1, 0.15) is 11.9 Å². The maximum absolute atomic E-state index is 13.4. The van der Waals surface area contributed by atoms with E-state index in [1.807, 2.05) is 17.0 Å². The molecular weight excluding hydrogens is 359 g/mol. The Hall–Kier alpha value is -2.77. The first-order valence-electron chi connectivity index (χ1n) is 9.46. The van der Waals surface area contributed by atoms with Crippen LogP contribution in [0.15, 0.2) is 48.9 Å². The molecule has 1 fully saturated rings. The average molecular weight is 382 g/mol. The zero-order chi connectivity index (χ0) is 19.5. The minimum absolute atomic E-state index is 0.337. The Morgan fingerprint density at radius 3 is 2.64 bits per heavy atom. The van der Waals surface area contributed by atoms with E-state index in [1.54, 1.807) is 24.7 Å². The number of halogens is 1. The van der Waals surface area contributed by atoms with Crippen molar-refractivity contribution in [2.24, 2.45) is 0 Å². The number of aliphatic carboxylic acids is 1. The lowest BCUT2D eigenvalue weighted by Gasteiger charge is -2.37. The number of hydrogen-bond donors (Lipinski definition) is 2. The molecule has 3 aromatic rings. The number of pyridine rings is 1. The highest BCUT2D eigenvalue weighted by Crippen LogP contribution is 2.30. The third-order valence-electron chi connectivity index (χ3n) is 5.44. The maximum Gasteiger partial charge on any atom is 0.325 e. The van der Waals surface area contributed by atoms with E-state index in [0.29, 0.717) is 24.2 Å². The number of carbonyl (C=O) groups is 1. The van der Waals surface area contributed by atoms with Crippen LogP contribution in [0.2, 0.25) is 0 Å². The lowest BCUT2D eigenvalue weighted by molar-refractivity contribution is -0.144. The largest absolute Gasteiger partial charge is 0.480 e. The van der Waals surface area contributed by atoms with Crippen LogP contribution in [-0.4, -0.2) is 63.6 Å². The molecule has 3 heterocycles. The molecule has 0 saturated carbocycles. The molecule has 7 heteroatoms. The highest BCUT2D eigenvalue weighted by molar-refractivity contribution is 5.89. The third-order valence-corrected chi connectivity index (χ3v) is 5.44. The monoisotopic (exact) mass is 382 g/mol. The number of nitrogens with one attached hydrogen (secondary N) is 1. The number of nitrogens with zero attached hydrogens (tertiary/aromatic N) is 3. The van der Waals surface area contributed by atoms with Gasteiger partial charge in [0, 0.05) is 67.8 Å². The minimum Gasteiger partial charge on any atom is -0.480 e. The van der Waals surface area contributed by atoms with E-state index in [9.17, 15) is 14.3 Å². The van der Waals surface area contributed by atoms with Crippen LogP contribution in [0.5, 0.6) is 0 Å². The van der Waals surface area contributed by atoms with E-state index in [1.165, 1.54) is 17.7 Å². The number of benzene rings is 1. The molecule has 2 N–H and O–H groups in total. The number of rotatable bonds is 6. The van der Waals surface area contributed by atoms with E-state index >= 15 is 0 Å². The predicted molar refractivity (Wildman–Crippen MR) is 105 cm³/mol. The van der Waals surface area contributed by atoms with Crippen LogP contribution in [0.1, 0.15) is 17.2 Å². The zero-order valence-corrected chi connectivity index (χ0v) is 15.5. The molecule has 6 nitrogen and oxygen atoms in total. The summed E-state index contributed by atoms with van der Waals surface area (Å²) in [5.41, 5.74) is 2.57. The first kappa shape index (κ1) is 18.6. The summed E-state index contributed by atoms with van der Waals surface area (Å²) in [6.07, 6.45) is 6.26. The van der Waals surface area contributed by atoms with Crippen LogP contribution >= 0.6 is 0 Å².